The van der Waals surface area contributed by atoms with Gasteiger partial charge in [-0.1, -0.05) is 22.9 Å². The molecule has 0 aliphatic heterocycles. The topological polar surface area (TPSA) is 86.3 Å². The maximum Gasteiger partial charge on any atom is 0.408 e. The number of alkyl carbamates (subject to hydrolysis) is 1. The number of phenolic OH excluding ortho intramolecular Hbond substituents is 1. The summed E-state index contributed by atoms with van der Waals surface area (Å²) in [6.45, 7) is 9.36. The van der Waals surface area contributed by atoms with E-state index in [1.54, 1.807) is 32.9 Å². The standard InChI is InChI=1S/C19H30BrNO6/c1-7-19(5,26-15-10-13(20)8-9-14(15)22)16(11-25-12-24-6)21-17(23)27-18(2,3)4/h8-10,16,22H,7,11-12H2,1-6H3,(H,21,23)/t16-,19-/m1/s1. The first-order chi connectivity index (χ1) is 12.5. The van der Waals surface area contributed by atoms with Crippen LogP contribution in [-0.4, -0.2) is 49.0 Å². The van der Waals surface area contributed by atoms with Crippen molar-refractivity contribution < 1.29 is 28.8 Å². The van der Waals surface area contributed by atoms with Crippen molar-refractivity contribution in [2.75, 3.05) is 20.5 Å². The molecule has 0 bridgehead atoms. The van der Waals surface area contributed by atoms with E-state index in [0.717, 1.165) is 4.47 Å². The average molecular weight is 448 g/mol. The second-order valence-corrected chi connectivity index (χ2v) is 8.27. The van der Waals surface area contributed by atoms with E-state index in [1.807, 2.05) is 13.8 Å². The van der Waals surface area contributed by atoms with Crippen LogP contribution in [0.3, 0.4) is 0 Å². The zero-order valence-electron chi connectivity index (χ0n) is 16.8. The Morgan fingerprint density at radius 1 is 1.30 bits per heavy atom. The number of nitrogens with one attached hydrogen (secondary N) is 1. The Morgan fingerprint density at radius 2 is 1.96 bits per heavy atom. The van der Waals surface area contributed by atoms with Crippen molar-refractivity contribution in [3.05, 3.63) is 22.7 Å². The number of methoxy groups -OCH3 is 1. The van der Waals surface area contributed by atoms with Crippen molar-refractivity contribution in [1.29, 1.82) is 0 Å². The van der Waals surface area contributed by atoms with Gasteiger partial charge in [0.25, 0.3) is 0 Å². The first kappa shape index (κ1) is 23.5. The normalized spacial score (nSPS) is 14.9. The van der Waals surface area contributed by atoms with Gasteiger partial charge < -0.3 is 29.4 Å². The summed E-state index contributed by atoms with van der Waals surface area (Å²) in [4.78, 5) is 12.3. The lowest BCUT2D eigenvalue weighted by molar-refractivity contribution is -0.0670. The zero-order chi connectivity index (χ0) is 20.7. The van der Waals surface area contributed by atoms with E-state index in [4.69, 9.17) is 18.9 Å². The summed E-state index contributed by atoms with van der Waals surface area (Å²) in [7, 11) is 1.52. The summed E-state index contributed by atoms with van der Waals surface area (Å²) in [6, 6.07) is 4.37. The van der Waals surface area contributed by atoms with Gasteiger partial charge in [-0.05, 0) is 52.3 Å². The van der Waals surface area contributed by atoms with Crippen LogP contribution in [-0.2, 0) is 14.2 Å². The Bertz CT molecular complexity index is 619. The van der Waals surface area contributed by atoms with Gasteiger partial charge in [-0.25, -0.2) is 4.79 Å². The van der Waals surface area contributed by atoms with Crippen LogP contribution in [0.5, 0.6) is 11.5 Å². The second kappa shape index (κ2) is 10.1. The highest BCUT2D eigenvalue weighted by Gasteiger charge is 2.38. The molecule has 2 N–H and O–H groups in total. The number of phenols is 1. The summed E-state index contributed by atoms with van der Waals surface area (Å²) in [5.41, 5.74) is -1.50. The van der Waals surface area contributed by atoms with Crippen LogP contribution >= 0.6 is 15.9 Å². The van der Waals surface area contributed by atoms with Gasteiger partial charge in [-0.15, -0.1) is 0 Å². The van der Waals surface area contributed by atoms with Crippen LogP contribution in [0.25, 0.3) is 0 Å². The predicted octanol–water partition coefficient (Wildman–Crippen LogP) is 4.22. The van der Waals surface area contributed by atoms with Crippen LogP contribution in [0.2, 0.25) is 0 Å². The fourth-order valence-electron chi connectivity index (χ4n) is 2.28. The Morgan fingerprint density at radius 3 is 2.52 bits per heavy atom. The molecule has 0 unspecified atom stereocenters. The van der Waals surface area contributed by atoms with Gasteiger partial charge >= 0.3 is 6.09 Å². The lowest BCUT2D eigenvalue weighted by Crippen LogP contribution is -2.57. The summed E-state index contributed by atoms with van der Waals surface area (Å²) >= 11 is 3.37. The van der Waals surface area contributed by atoms with Gasteiger partial charge in [0.2, 0.25) is 0 Å². The first-order valence-corrected chi connectivity index (χ1v) is 9.53. The molecule has 0 aliphatic carbocycles. The van der Waals surface area contributed by atoms with Crippen molar-refractivity contribution in [2.45, 2.75) is 58.3 Å². The largest absolute Gasteiger partial charge is 0.504 e. The van der Waals surface area contributed by atoms with Gasteiger partial charge in [0.1, 0.15) is 18.0 Å². The molecule has 1 aromatic carbocycles. The Kier molecular flexibility index (Phi) is 8.84. The number of amides is 1. The van der Waals surface area contributed by atoms with E-state index >= 15 is 0 Å². The fraction of sp³-hybridized carbons (Fsp3) is 0.632. The van der Waals surface area contributed by atoms with Crippen molar-refractivity contribution in [2.24, 2.45) is 0 Å². The van der Waals surface area contributed by atoms with Gasteiger partial charge in [0, 0.05) is 11.6 Å². The minimum atomic E-state index is -0.872. The van der Waals surface area contributed by atoms with Crippen LogP contribution in [0.15, 0.2) is 22.7 Å². The van der Waals surface area contributed by atoms with Crippen molar-refractivity contribution in [1.82, 2.24) is 5.32 Å². The predicted molar refractivity (Wildman–Crippen MR) is 106 cm³/mol. The number of carbonyl (C=O) groups excluding carboxylic acids is 1. The number of aromatic hydroxyl groups is 1. The Labute approximate surface area is 169 Å². The zero-order valence-corrected chi connectivity index (χ0v) is 18.4. The van der Waals surface area contributed by atoms with Gasteiger partial charge in [0.05, 0.1) is 12.6 Å². The monoisotopic (exact) mass is 447 g/mol. The van der Waals surface area contributed by atoms with Crippen LogP contribution in [0, 0.1) is 0 Å². The maximum atomic E-state index is 12.3. The third kappa shape index (κ3) is 7.94. The van der Waals surface area contributed by atoms with Gasteiger partial charge in [-0.3, -0.25) is 0 Å². The maximum absolute atomic E-state index is 12.3. The third-order valence-corrected chi connectivity index (χ3v) is 4.37. The first-order valence-electron chi connectivity index (χ1n) is 8.74. The molecule has 2 atom stereocenters. The van der Waals surface area contributed by atoms with Crippen molar-refractivity contribution in [3.8, 4) is 11.5 Å². The average Bonchev–Trinajstić information content (AvgIpc) is 2.55. The number of ether oxygens (including phenoxy) is 4. The number of halogens is 1. The molecule has 0 saturated carbocycles. The highest BCUT2D eigenvalue weighted by atomic mass is 79.9. The number of hydrogen-bond donors (Lipinski definition) is 2. The van der Waals surface area contributed by atoms with Gasteiger partial charge in [-0.2, -0.15) is 0 Å². The Hall–Kier alpha value is -1.51. The molecule has 0 fully saturated rings. The molecule has 1 amide bonds. The minimum absolute atomic E-state index is 0.00621. The molecular formula is C19H30BrNO6. The summed E-state index contributed by atoms with van der Waals surface area (Å²) in [6.07, 6.45) is -0.0364. The van der Waals surface area contributed by atoms with E-state index < -0.39 is 23.3 Å². The molecule has 7 nitrogen and oxygen atoms in total. The molecule has 0 heterocycles. The van der Waals surface area contributed by atoms with Crippen LogP contribution in [0.4, 0.5) is 4.79 Å². The quantitative estimate of drug-likeness (QED) is 0.435. The summed E-state index contributed by atoms with van der Waals surface area (Å²) in [5, 5.41) is 12.9. The summed E-state index contributed by atoms with van der Waals surface area (Å²) in [5.74, 6) is 0.308. The lowest BCUT2D eigenvalue weighted by Gasteiger charge is -2.38. The molecule has 8 heteroatoms. The van der Waals surface area contributed by atoms with Crippen LogP contribution < -0.4 is 10.1 Å². The van der Waals surface area contributed by atoms with E-state index in [0.29, 0.717) is 12.2 Å². The second-order valence-electron chi connectivity index (χ2n) is 7.36. The number of rotatable bonds is 9. The summed E-state index contributed by atoms with van der Waals surface area (Å²) < 4.78 is 22.6. The molecular weight excluding hydrogens is 418 g/mol. The van der Waals surface area contributed by atoms with E-state index in [1.165, 1.54) is 13.2 Å². The fourth-order valence-corrected chi connectivity index (χ4v) is 2.62. The number of benzene rings is 1. The van der Waals surface area contributed by atoms with E-state index in [-0.39, 0.29) is 19.1 Å². The molecule has 154 valence electrons. The molecule has 1 aromatic rings. The van der Waals surface area contributed by atoms with Gasteiger partial charge in [0.15, 0.2) is 11.5 Å². The number of carbonyl (C=O) groups is 1. The molecule has 0 radical (unpaired) electrons. The molecule has 0 aliphatic rings. The van der Waals surface area contributed by atoms with Crippen molar-refractivity contribution in [3.63, 3.8) is 0 Å². The highest BCUT2D eigenvalue weighted by Crippen LogP contribution is 2.34. The lowest BCUT2D eigenvalue weighted by atomic mass is 9.93. The van der Waals surface area contributed by atoms with Crippen molar-refractivity contribution >= 4 is 22.0 Å². The number of hydrogen-bond acceptors (Lipinski definition) is 6. The molecule has 27 heavy (non-hydrogen) atoms. The minimum Gasteiger partial charge on any atom is -0.504 e. The SMILES string of the molecule is CC[C@@](C)(Oc1cc(Br)ccc1O)[C@@H](COCOC)NC(=O)OC(C)(C)C. The Balaban J connectivity index is 3.05. The molecule has 0 aromatic heterocycles. The van der Waals surface area contributed by atoms with E-state index in [2.05, 4.69) is 21.2 Å². The third-order valence-electron chi connectivity index (χ3n) is 3.88. The smallest absolute Gasteiger partial charge is 0.408 e. The molecule has 1 rings (SSSR count). The molecule has 0 saturated heterocycles. The van der Waals surface area contributed by atoms with Crippen LogP contribution in [0.1, 0.15) is 41.0 Å². The van der Waals surface area contributed by atoms with E-state index in [9.17, 15) is 9.90 Å². The highest BCUT2D eigenvalue weighted by molar-refractivity contribution is 9.10. The molecule has 0 spiro atoms.